The van der Waals surface area contributed by atoms with Gasteiger partial charge in [-0.15, -0.1) is 0 Å². The molecule has 1 aliphatic heterocycles. The number of aliphatic hydroxyl groups is 1. The van der Waals surface area contributed by atoms with Gasteiger partial charge in [0.1, 0.15) is 0 Å². The maximum Gasteiger partial charge on any atom is 0.414 e. The Balaban J connectivity index is 1.85. The molecule has 1 N–H and O–H groups in total. The highest BCUT2D eigenvalue weighted by Gasteiger charge is 2.38. The lowest BCUT2D eigenvalue weighted by atomic mass is 10.2. The summed E-state index contributed by atoms with van der Waals surface area (Å²) in [5, 5.41) is 9.13. The SMILES string of the molecule is O=c1cc(-c2ccncc2)nc2n1CCN2CCC(O)C(F)(F)F. The fraction of sp³-hybridized carbons (Fsp3) is 0.400. The van der Waals surface area contributed by atoms with Gasteiger partial charge in [-0.1, -0.05) is 0 Å². The first-order valence-electron chi connectivity index (χ1n) is 7.38. The molecule has 0 fully saturated rings. The van der Waals surface area contributed by atoms with Gasteiger partial charge in [-0.05, 0) is 18.6 Å². The Hall–Kier alpha value is -2.42. The van der Waals surface area contributed by atoms with E-state index in [9.17, 15) is 18.0 Å². The summed E-state index contributed by atoms with van der Waals surface area (Å²) in [4.78, 5) is 22.1. The fourth-order valence-electron chi connectivity index (χ4n) is 2.59. The van der Waals surface area contributed by atoms with E-state index in [1.165, 1.54) is 10.6 Å². The molecular formula is C15H15F3N4O2. The van der Waals surface area contributed by atoms with Crippen LogP contribution < -0.4 is 10.5 Å². The van der Waals surface area contributed by atoms with Crippen LogP contribution in [0.5, 0.6) is 0 Å². The molecule has 1 atom stereocenters. The number of aliphatic hydroxyl groups excluding tert-OH is 1. The molecule has 3 rings (SSSR count). The van der Waals surface area contributed by atoms with E-state index in [1.807, 2.05) is 0 Å². The molecule has 9 heteroatoms. The molecule has 2 aromatic heterocycles. The Bertz CT molecular complexity index is 777. The number of hydrogen-bond acceptors (Lipinski definition) is 5. The Morgan fingerprint density at radius 3 is 2.62 bits per heavy atom. The van der Waals surface area contributed by atoms with Crippen LogP contribution in [0.4, 0.5) is 19.1 Å². The first kappa shape index (κ1) is 16.4. The number of rotatable bonds is 4. The molecule has 0 saturated carbocycles. The quantitative estimate of drug-likeness (QED) is 0.912. The summed E-state index contributed by atoms with van der Waals surface area (Å²) < 4.78 is 38.7. The summed E-state index contributed by atoms with van der Waals surface area (Å²) in [5.74, 6) is 0.323. The Labute approximate surface area is 135 Å². The summed E-state index contributed by atoms with van der Waals surface area (Å²) >= 11 is 0. The van der Waals surface area contributed by atoms with Crippen molar-refractivity contribution < 1.29 is 18.3 Å². The number of halogens is 3. The van der Waals surface area contributed by atoms with Gasteiger partial charge in [0.05, 0.1) is 5.69 Å². The minimum Gasteiger partial charge on any atom is -0.384 e. The standard InChI is InChI=1S/C15H15F3N4O2/c16-15(17,18)12(23)3-6-21-7-8-22-13(24)9-11(20-14(21)22)10-1-4-19-5-2-10/h1-2,4-5,9,12,23H,3,6-8H2. The van der Waals surface area contributed by atoms with E-state index in [4.69, 9.17) is 5.11 Å². The zero-order valence-electron chi connectivity index (χ0n) is 12.6. The van der Waals surface area contributed by atoms with Crippen molar-refractivity contribution >= 4 is 5.95 Å². The number of anilines is 1. The van der Waals surface area contributed by atoms with Crippen LogP contribution in [0.15, 0.2) is 35.4 Å². The van der Waals surface area contributed by atoms with Gasteiger partial charge in [-0.25, -0.2) is 4.98 Å². The van der Waals surface area contributed by atoms with E-state index in [0.717, 1.165) is 0 Å². The third-order valence-corrected chi connectivity index (χ3v) is 3.89. The Morgan fingerprint density at radius 2 is 1.96 bits per heavy atom. The van der Waals surface area contributed by atoms with Crippen LogP contribution >= 0.6 is 0 Å². The van der Waals surface area contributed by atoms with Crippen LogP contribution in [0.25, 0.3) is 11.3 Å². The lowest BCUT2D eigenvalue weighted by molar-refractivity contribution is -0.204. The Morgan fingerprint density at radius 1 is 1.25 bits per heavy atom. The second-order valence-electron chi connectivity index (χ2n) is 5.50. The van der Waals surface area contributed by atoms with E-state index < -0.39 is 18.7 Å². The van der Waals surface area contributed by atoms with Crippen molar-refractivity contribution in [2.75, 3.05) is 18.0 Å². The fourth-order valence-corrected chi connectivity index (χ4v) is 2.59. The predicted octanol–water partition coefficient (Wildman–Crippen LogP) is 1.44. The smallest absolute Gasteiger partial charge is 0.384 e. The Kier molecular flexibility index (Phi) is 4.27. The largest absolute Gasteiger partial charge is 0.414 e. The van der Waals surface area contributed by atoms with E-state index >= 15 is 0 Å². The molecule has 0 spiro atoms. The topological polar surface area (TPSA) is 71.2 Å². The summed E-state index contributed by atoms with van der Waals surface area (Å²) in [6.07, 6.45) is -4.37. The minimum absolute atomic E-state index is 0.0348. The maximum atomic E-state index is 12.4. The summed E-state index contributed by atoms with van der Waals surface area (Å²) in [5.41, 5.74) is 0.885. The molecular weight excluding hydrogens is 325 g/mol. The molecule has 1 unspecified atom stereocenters. The number of aromatic nitrogens is 3. The molecule has 24 heavy (non-hydrogen) atoms. The van der Waals surface area contributed by atoms with Gasteiger partial charge in [-0.2, -0.15) is 13.2 Å². The van der Waals surface area contributed by atoms with Crippen molar-refractivity contribution in [3.05, 3.63) is 40.9 Å². The first-order chi connectivity index (χ1) is 11.4. The van der Waals surface area contributed by atoms with E-state index in [2.05, 4.69) is 9.97 Å². The van der Waals surface area contributed by atoms with Crippen LogP contribution in [0, 0.1) is 0 Å². The number of pyridine rings is 1. The molecule has 1 aliphatic rings. The summed E-state index contributed by atoms with van der Waals surface area (Å²) in [6.45, 7) is 0.708. The molecule has 0 amide bonds. The van der Waals surface area contributed by atoms with Crippen molar-refractivity contribution in [3.8, 4) is 11.3 Å². The van der Waals surface area contributed by atoms with Crippen molar-refractivity contribution in [2.24, 2.45) is 0 Å². The van der Waals surface area contributed by atoms with Crippen LogP contribution in [0.2, 0.25) is 0 Å². The zero-order valence-corrected chi connectivity index (χ0v) is 12.6. The molecule has 6 nitrogen and oxygen atoms in total. The monoisotopic (exact) mass is 340 g/mol. The van der Waals surface area contributed by atoms with Gasteiger partial charge < -0.3 is 10.0 Å². The first-order valence-corrected chi connectivity index (χ1v) is 7.38. The van der Waals surface area contributed by atoms with Gasteiger partial charge >= 0.3 is 6.18 Å². The number of fused-ring (bicyclic) bond motifs is 1. The van der Waals surface area contributed by atoms with E-state index in [1.54, 1.807) is 29.4 Å². The van der Waals surface area contributed by atoms with Gasteiger partial charge in [0.2, 0.25) is 5.95 Å². The number of alkyl halides is 3. The average Bonchev–Trinajstić information content (AvgIpc) is 2.96. The third-order valence-electron chi connectivity index (χ3n) is 3.89. The second-order valence-corrected chi connectivity index (χ2v) is 5.50. The highest BCUT2D eigenvalue weighted by Crippen LogP contribution is 2.25. The molecule has 3 heterocycles. The lowest BCUT2D eigenvalue weighted by Crippen LogP contribution is -2.34. The maximum absolute atomic E-state index is 12.4. The third kappa shape index (κ3) is 3.25. The highest BCUT2D eigenvalue weighted by atomic mass is 19.4. The van der Waals surface area contributed by atoms with Crippen molar-refractivity contribution in [1.29, 1.82) is 0 Å². The van der Waals surface area contributed by atoms with Gasteiger partial charge in [0.15, 0.2) is 6.10 Å². The second kappa shape index (κ2) is 6.23. The molecule has 2 aromatic rings. The molecule has 0 radical (unpaired) electrons. The average molecular weight is 340 g/mol. The minimum atomic E-state index is -4.65. The highest BCUT2D eigenvalue weighted by molar-refractivity contribution is 5.59. The van der Waals surface area contributed by atoms with Crippen molar-refractivity contribution in [1.82, 2.24) is 14.5 Å². The molecule has 128 valence electrons. The van der Waals surface area contributed by atoms with Gasteiger partial charge in [0, 0.05) is 43.7 Å². The van der Waals surface area contributed by atoms with Crippen LogP contribution in [-0.4, -0.2) is 45.0 Å². The van der Waals surface area contributed by atoms with Crippen LogP contribution in [-0.2, 0) is 6.54 Å². The van der Waals surface area contributed by atoms with Crippen LogP contribution in [0.1, 0.15) is 6.42 Å². The molecule has 0 aromatic carbocycles. The van der Waals surface area contributed by atoms with E-state index in [-0.39, 0.29) is 12.1 Å². The zero-order chi connectivity index (χ0) is 17.3. The van der Waals surface area contributed by atoms with Gasteiger partial charge in [-0.3, -0.25) is 14.3 Å². The van der Waals surface area contributed by atoms with E-state index in [0.29, 0.717) is 30.3 Å². The summed E-state index contributed by atoms with van der Waals surface area (Å²) in [7, 11) is 0. The van der Waals surface area contributed by atoms with Crippen molar-refractivity contribution in [3.63, 3.8) is 0 Å². The lowest BCUT2D eigenvalue weighted by Gasteiger charge is -2.20. The van der Waals surface area contributed by atoms with Crippen LogP contribution in [0.3, 0.4) is 0 Å². The number of nitrogens with zero attached hydrogens (tertiary/aromatic N) is 4. The predicted molar refractivity (Wildman–Crippen MR) is 80.6 cm³/mol. The van der Waals surface area contributed by atoms with Gasteiger partial charge in [0.25, 0.3) is 5.56 Å². The summed E-state index contributed by atoms with van der Waals surface area (Å²) in [6, 6.07) is 4.80. The molecule has 0 aliphatic carbocycles. The molecule has 0 saturated heterocycles. The number of hydrogen-bond donors (Lipinski definition) is 1. The van der Waals surface area contributed by atoms with Crippen molar-refractivity contribution in [2.45, 2.75) is 25.2 Å². The normalized spacial score (nSPS) is 15.4. The molecule has 0 bridgehead atoms.